The second-order valence-corrected chi connectivity index (χ2v) is 22.0. The van der Waals surface area contributed by atoms with E-state index in [2.05, 4.69) is 131 Å². The number of carbonyl (C=O) groups excluding carboxylic acids is 1. The van der Waals surface area contributed by atoms with Crippen molar-refractivity contribution in [3.8, 4) is 0 Å². The van der Waals surface area contributed by atoms with Gasteiger partial charge in [-0.25, -0.2) is 0 Å². The number of esters is 1. The van der Waals surface area contributed by atoms with Gasteiger partial charge in [-0.3, -0.25) is 4.79 Å². The fourth-order valence-corrected chi connectivity index (χ4v) is 16.3. The predicted molar refractivity (Wildman–Crippen MR) is 156 cm³/mol. The quantitative estimate of drug-likeness (QED) is 0.229. The van der Waals surface area contributed by atoms with Crippen molar-refractivity contribution in [3.63, 3.8) is 0 Å². The van der Waals surface area contributed by atoms with Gasteiger partial charge in [-0.1, -0.05) is 80.3 Å². The summed E-state index contributed by atoms with van der Waals surface area (Å²) in [7, 11) is -1.65. The van der Waals surface area contributed by atoms with Crippen molar-refractivity contribution < 1.29 is 9.53 Å². The highest BCUT2D eigenvalue weighted by Crippen LogP contribution is 2.82. The van der Waals surface area contributed by atoms with Crippen LogP contribution in [0.4, 0.5) is 0 Å². The van der Waals surface area contributed by atoms with Crippen LogP contribution in [0.5, 0.6) is 0 Å². The zero-order chi connectivity index (χ0) is 26.7. The van der Waals surface area contributed by atoms with E-state index in [-0.39, 0.29) is 39.8 Å². The van der Waals surface area contributed by atoms with E-state index >= 15 is 0 Å². The Bertz CT molecular complexity index is 1010. The van der Waals surface area contributed by atoms with Gasteiger partial charge in [-0.2, -0.15) is 9.34 Å². The van der Waals surface area contributed by atoms with E-state index in [4.69, 9.17) is 4.74 Å². The molecular weight excluding hydrogens is 479 g/mol. The molecule has 4 nitrogen and oxygen atoms in total. The predicted octanol–water partition coefficient (Wildman–Crippen LogP) is 7.54. The Labute approximate surface area is 221 Å². The molecule has 1 aliphatic heterocycles. The molecular formula is C30H46N2O2PSi+. The minimum absolute atomic E-state index is 0.00187. The van der Waals surface area contributed by atoms with Gasteiger partial charge in [0.15, 0.2) is 0 Å². The third kappa shape index (κ3) is 4.51. The van der Waals surface area contributed by atoms with E-state index in [0.29, 0.717) is 0 Å². The van der Waals surface area contributed by atoms with Gasteiger partial charge in [-0.15, -0.1) is 0 Å². The largest absolute Gasteiger partial charge is 0.469 e. The Hall–Kier alpha value is -1.52. The van der Waals surface area contributed by atoms with Crippen LogP contribution in [-0.2, 0) is 9.53 Å². The molecule has 4 atom stereocenters. The van der Waals surface area contributed by atoms with Gasteiger partial charge in [0.25, 0.3) is 0 Å². The highest BCUT2D eigenvalue weighted by molar-refractivity contribution is 7.59. The van der Waals surface area contributed by atoms with E-state index < -0.39 is 16.3 Å². The lowest BCUT2D eigenvalue weighted by Gasteiger charge is -2.45. The first-order chi connectivity index (χ1) is 16.7. The molecule has 1 saturated heterocycles. The molecule has 1 aliphatic carbocycles. The standard InChI is InChI=1S/C30H45N2O2PSi/c1-28(2,3)31-25(22-17-13-11-14-18-22)26(23-19-15-12-16-20-23)32(29(4,5)6)35(31)30(36(8,9)10)21-24(30)27(33)34-7/h11-20,24-26H,21H2,1-10H3/p+1/t24-,25+,26+,30+/m1/s1. The van der Waals surface area contributed by atoms with Crippen molar-refractivity contribution in [2.45, 2.75) is 95.5 Å². The second kappa shape index (κ2) is 9.34. The van der Waals surface area contributed by atoms with Crippen molar-refractivity contribution in [1.29, 1.82) is 0 Å². The molecule has 196 valence electrons. The Balaban J connectivity index is 2.05. The van der Waals surface area contributed by atoms with Crippen LogP contribution in [0.2, 0.25) is 19.6 Å². The number of hydrogen-bond donors (Lipinski definition) is 0. The van der Waals surface area contributed by atoms with Gasteiger partial charge < -0.3 is 4.74 Å². The van der Waals surface area contributed by atoms with Gasteiger partial charge in [0.05, 0.1) is 25.1 Å². The first-order valence-electron chi connectivity index (χ1n) is 13.3. The topological polar surface area (TPSA) is 32.8 Å². The SMILES string of the molecule is COC(=O)[C@H]1C[C@]1([PH+]1N(C(C)(C)C)[C@@H](c2ccccc2)[C@H](c2ccccc2)N1C(C)(C)C)[Si](C)(C)C. The number of methoxy groups -OCH3 is 1. The van der Waals surface area contributed by atoms with E-state index in [1.165, 1.54) is 11.1 Å². The minimum atomic E-state index is -1.82. The zero-order valence-corrected chi connectivity index (χ0v) is 25.9. The molecule has 6 heteroatoms. The fourth-order valence-electron chi connectivity index (χ4n) is 6.63. The molecule has 0 unspecified atom stereocenters. The van der Waals surface area contributed by atoms with Gasteiger partial charge in [0.2, 0.25) is 0 Å². The minimum Gasteiger partial charge on any atom is -0.469 e. The molecule has 0 bridgehead atoms. The average Bonchev–Trinajstić information content (AvgIpc) is 3.45. The molecule has 2 fully saturated rings. The van der Waals surface area contributed by atoms with E-state index in [9.17, 15) is 4.79 Å². The molecule has 0 radical (unpaired) electrons. The monoisotopic (exact) mass is 525 g/mol. The number of rotatable bonds is 5. The van der Waals surface area contributed by atoms with Crippen molar-refractivity contribution in [2.24, 2.45) is 5.92 Å². The summed E-state index contributed by atoms with van der Waals surface area (Å²) in [4.78, 5) is 13.2. The normalized spacial score (nSPS) is 28.3. The zero-order valence-electron chi connectivity index (χ0n) is 23.9. The molecule has 0 amide bonds. The Morgan fingerprint density at radius 3 is 1.53 bits per heavy atom. The molecule has 2 aromatic carbocycles. The van der Waals surface area contributed by atoms with Crippen molar-refractivity contribution >= 4 is 22.3 Å². The third-order valence-corrected chi connectivity index (χ3v) is 18.5. The van der Waals surface area contributed by atoms with Crippen LogP contribution < -0.4 is 0 Å². The summed E-state index contributed by atoms with van der Waals surface area (Å²) in [6.45, 7) is 21.6. The summed E-state index contributed by atoms with van der Waals surface area (Å²) in [5.41, 5.74) is 2.57. The highest BCUT2D eigenvalue weighted by Gasteiger charge is 2.81. The molecule has 4 rings (SSSR count). The van der Waals surface area contributed by atoms with Crippen LogP contribution in [0.15, 0.2) is 60.7 Å². The molecule has 1 heterocycles. The summed E-state index contributed by atoms with van der Waals surface area (Å²) in [6.07, 6.45) is 0.950. The average molecular weight is 526 g/mol. The lowest BCUT2D eigenvalue weighted by molar-refractivity contribution is -0.142. The van der Waals surface area contributed by atoms with Crippen LogP contribution in [0.3, 0.4) is 0 Å². The lowest BCUT2D eigenvalue weighted by atomic mass is 9.89. The summed E-state index contributed by atoms with van der Waals surface area (Å²) in [5, 5.41) is 0. The first-order valence-corrected chi connectivity index (χ1v) is 18.2. The second-order valence-electron chi connectivity index (χ2n) is 13.6. The summed E-state index contributed by atoms with van der Waals surface area (Å²) >= 11 is 0. The van der Waals surface area contributed by atoms with E-state index in [1.807, 2.05) is 0 Å². The highest BCUT2D eigenvalue weighted by atomic mass is 31.1. The first kappa shape index (κ1) is 27.5. The molecule has 0 aromatic heterocycles. The Kier molecular flexibility index (Phi) is 7.14. The summed E-state index contributed by atoms with van der Waals surface area (Å²) in [6, 6.07) is 22.5. The Morgan fingerprint density at radius 2 is 1.22 bits per heavy atom. The van der Waals surface area contributed by atoms with Crippen molar-refractivity contribution in [3.05, 3.63) is 71.8 Å². The van der Waals surface area contributed by atoms with Gasteiger partial charge in [0, 0.05) is 17.5 Å². The molecule has 2 aromatic rings. The van der Waals surface area contributed by atoms with Gasteiger partial charge >= 0.3 is 5.97 Å². The van der Waals surface area contributed by atoms with Crippen LogP contribution in [0.25, 0.3) is 0 Å². The van der Waals surface area contributed by atoms with Crippen molar-refractivity contribution in [2.75, 3.05) is 7.11 Å². The maximum atomic E-state index is 13.2. The number of hydrogen-bond acceptors (Lipinski definition) is 4. The molecule has 36 heavy (non-hydrogen) atoms. The molecule has 0 spiro atoms. The van der Waals surface area contributed by atoms with Crippen LogP contribution >= 0.6 is 8.22 Å². The number of nitrogens with zero attached hydrogens (tertiary/aromatic N) is 2. The smallest absolute Gasteiger partial charge is 0.312 e. The number of ether oxygens (including phenoxy) is 1. The maximum absolute atomic E-state index is 13.2. The molecule has 1 saturated carbocycles. The maximum Gasteiger partial charge on any atom is 0.312 e. The van der Waals surface area contributed by atoms with Crippen molar-refractivity contribution in [1.82, 2.24) is 9.34 Å². The number of benzene rings is 2. The van der Waals surface area contributed by atoms with Crippen LogP contribution in [0.1, 0.15) is 71.2 Å². The third-order valence-electron chi connectivity index (χ3n) is 8.22. The van der Waals surface area contributed by atoms with Crippen LogP contribution in [0, 0.1) is 5.92 Å². The molecule has 0 N–H and O–H groups in total. The summed E-state index contributed by atoms with van der Waals surface area (Å²) < 4.78 is 11.2. The number of carbonyl (C=O) groups is 1. The Morgan fingerprint density at radius 1 is 0.833 bits per heavy atom. The fraction of sp³-hybridized carbons (Fsp3) is 0.567. The van der Waals surface area contributed by atoms with Gasteiger partial charge in [0.1, 0.15) is 21.1 Å². The molecule has 2 aliphatic rings. The lowest BCUT2D eigenvalue weighted by Crippen LogP contribution is -2.51. The van der Waals surface area contributed by atoms with Gasteiger partial charge in [-0.05, 0) is 52.7 Å². The van der Waals surface area contributed by atoms with E-state index in [0.717, 1.165) is 6.42 Å². The van der Waals surface area contributed by atoms with Crippen LogP contribution in [-0.4, -0.2) is 46.4 Å². The van der Waals surface area contributed by atoms with E-state index in [1.54, 1.807) is 7.11 Å². The summed E-state index contributed by atoms with van der Waals surface area (Å²) in [5.74, 6) is -0.0271.